The summed E-state index contributed by atoms with van der Waals surface area (Å²) in [5, 5.41) is 6.59. The molecule has 76 valence electrons. The van der Waals surface area contributed by atoms with Crippen molar-refractivity contribution in [2.45, 2.75) is 19.4 Å². The van der Waals surface area contributed by atoms with E-state index >= 15 is 0 Å². The van der Waals surface area contributed by atoms with Crippen LogP contribution < -0.4 is 10.6 Å². The Labute approximate surface area is 85.7 Å². The molecule has 0 saturated carbocycles. The molecule has 14 heavy (non-hydrogen) atoms. The summed E-state index contributed by atoms with van der Waals surface area (Å²) in [7, 11) is 2.00. The maximum Gasteiger partial charge on any atom is 0.0208 e. The van der Waals surface area contributed by atoms with Crippen LogP contribution in [0.25, 0.3) is 0 Å². The lowest BCUT2D eigenvalue weighted by molar-refractivity contribution is 0.642. The second kappa shape index (κ2) is 4.58. The van der Waals surface area contributed by atoms with E-state index < -0.39 is 0 Å². The van der Waals surface area contributed by atoms with E-state index in [1.54, 1.807) is 0 Å². The molecule has 2 N–H and O–H groups in total. The van der Waals surface area contributed by atoms with Crippen LogP contribution in [-0.4, -0.2) is 20.1 Å². The summed E-state index contributed by atoms with van der Waals surface area (Å²) in [5.41, 5.74) is 4.46. The summed E-state index contributed by atoms with van der Waals surface area (Å²) < 4.78 is 0. The first kappa shape index (κ1) is 9.69. The third kappa shape index (κ3) is 2.14. The topological polar surface area (TPSA) is 24.1 Å². The molecular formula is C12H18N2. The highest BCUT2D eigenvalue weighted by Crippen LogP contribution is 2.15. The summed E-state index contributed by atoms with van der Waals surface area (Å²) in [4.78, 5) is 0. The summed E-state index contributed by atoms with van der Waals surface area (Å²) in [6.45, 7) is 3.23. The van der Waals surface area contributed by atoms with E-state index in [0.29, 0.717) is 0 Å². The zero-order valence-electron chi connectivity index (χ0n) is 8.77. The minimum atomic E-state index is 1.04. The maximum atomic E-state index is 3.41. The first-order valence-corrected chi connectivity index (χ1v) is 5.36. The fourth-order valence-corrected chi connectivity index (χ4v) is 1.96. The van der Waals surface area contributed by atoms with Gasteiger partial charge in [0.25, 0.3) is 0 Å². The Hall–Kier alpha value is -0.860. The fourth-order valence-electron chi connectivity index (χ4n) is 1.96. The monoisotopic (exact) mass is 190 g/mol. The maximum absolute atomic E-state index is 3.41. The molecule has 0 spiro atoms. The van der Waals surface area contributed by atoms with Gasteiger partial charge in [0.2, 0.25) is 0 Å². The van der Waals surface area contributed by atoms with Crippen LogP contribution in [0, 0.1) is 0 Å². The molecule has 1 aliphatic rings. The number of likely N-dealkylation sites (N-methyl/N-ethyl adjacent to an activating group) is 1. The van der Waals surface area contributed by atoms with E-state index in [2.05, 4.69) is 28.8 Å². The van der Waals surface area contributed by atoms with Crippen molar-refractivity contribution in [3.05, 3.63) is 34.9 Å². The van der Waals surface area contributed by atoms with Gasteiger partial charge in [-0.3, -0.25) is 0 Å². The van der Waals surface area contributed by atoms with Gasteiger partial charge in [0.05, 0.1) is 0 Å². The standard InChI is InChI=1S/C12H18N2/c1-13-6-4-10-2-3-11-5-7-14-9-12(11)8-10/h2-3,8,13-14H,4-7,9H2,1H3. The second-order valence-electron chi connectivity index (χ2n) is 3.88. The predicted octanol–water partition coefficient (Wildman–Crippen LogP) is 1.09. The van der Waals surface area contributed by atoms with Crippen LogP contribution in [0.3, 0.4) is 0 Å². The lowest BCUT2D eigenvalue weighted by atomic mass is 9.97. The molecule has 1 aromatic rings. The molecular weight excluding hydrogens is 172 g/mol. The Morgan fingerprint density at radius 3 is 3.14 bits per heavy atom. The van der Waals surface area contributed by atoms with Gasteiger partial charge >= 0.3 is 0 Å². The van der Waals surface area contributed by atoms with Gasteiger partial charge in [-0.1, -0.05) is 18.2 Å². The summed E-state index contributed by atoms with van der Waals surface area (Å²) in [6.07, 6.45) is 2.31. The molecule has 1 heterocycles. The van der Waals surface area contributed by atoms with Gasteiger partial charge < -0.3 is 10.6 Å². The van der Waals surface area contributed by atoms with E-state index in [9.17, 15) is 0 Å². The van der Waals surface area contributed by atoms with E-state index in [-0.39, 0.29) is 0 Å². The zero-order valence-corrected chi connectivity index (χ0v) is 8.77. The zero-order chi connectivity index (χ0) is 9.80. The minimum Gasteiger partial charge on any atom is -0.319 e. The van der Waals surface area contributed by atoms with Crippen molar-refractivity contribution in [3.63, 3.8) is 0 Å². The third-order valence-corrected chi connectivity index (χ3v) is 2.82. The van der Waals surface area contributed by atoms with Crippen molar-refractivity contribution in [2.75, 3.05) is 20.1 Å². The van der Waals surface area contributed by atoms with Crippen molar-refractivity contribution >= 4 is 0 Å². The average Bonchev–Trinajstić information content (AvgIpc) is 2.26. The van der Waals surface area contributed by atoms with Crippen LogP contribution >= 0.6 is 0 Å². The molecule has 2 heteroatoms. The normalized spacial score (nSPS) is 15.2. The number of fused-ring (bicyclic) bond motifs is 1. The molecule has 2 nitrogen and oxygen atoms in total. The van der Waals surface area contributed by atoms with Crippen LogP contribution in [0.15, 0.2) is 18.2 Å². The molecule has 0 fully saturated rings. The lowest BCUT2D eigenvalue weighted by Crippen LogP contribution is -2.23. The molecule has 0 aromatic heterocycles. The molecule has 0 unspecified atom stereocenters. The number of nitrogens with one attached hydrogen (secondary N) is 2. The van der Waals surface area contributed by atoms with Crippen molar-refractivity contribution in [2.24, 2.45) is 0 Å². The SMILES string of the molecule is CNCCc1ccc2c(c1)CNCC2. The Morgan fingerprint density at radius 2 is 2.29 bits per heavy atom. The fraction of sp³-hybridized carbons (Fsp3) is 0.500. The van der Waals surface area contributed by atoms with Gasteiger partial charge in [-0.05, 0) is 49.7 Å². The molecule has 0 amide bonds. The smallest absolute Gasteiger partial charge is 0.0208 e. The van der Waals surface area contributed by atoms with Crippen molar-refractivity contribution in [3.8, 4) is 0 Å². The summed E-state index contributed by atoms with van der Waals surface area (Å²) in [6, 6.07) is 6.90. The predicted molar refractivity (Wildman–Crippen MR) is 59.5 cm³/mol. The summed E-state index contributed by atoms with van der Waals surface area (Å²) in [5.74, 6) is 0. The van der Waals surface area contributed by atoms with Crippen LogP contribution in [0.1, 0.15) is 16.7 Å². The quantitative estimate of drug-likeness (QED) is 0.745. The average molecular weight is 190 g/mol. The van der Waals surface area contributed by atoms with Gasteiger partial charge in [0, 0.05) is 6.54 Å². The molecule has 0 saturated heterocycles. The highest BCUT2D eigenvalue weighted by molar-refractivity contribution is 5.33. The molecule has 2 rings (SSSR count). The van der Waals surface area contributed by atoms with Gasteiger partial charge in [-0.15, -0.1) is 0 Å². The highest BCUT2D eigenvalue weighted by atomic mass is 14.9. The lowest BCUT2D eigenvalue weighted by Gasteiger charge is -2.17. The van der Waals surface area contributed by atoms with Crippen LogP contribution in [0.4, 0.5) is 0 Å². The van der Waals surface area contributed by atoms with Crippen molar-refractivity contribution < 1.29 is 0 Å². The number of hydrogen-bond acceptors (Lipinski definition) is 2. The van der Waals surface area contributed by atoms with Gasteiger partial charge in [-0.2, -0.15) is 0 Å². The van der Waals surface area contributed by atoms with Crippen molar-refractivity contribution in [1.29, 1.82) is 0 Å². The number of benzene rings is 1. The van der Waals surface area contributed by atoms with Gasteiger partial charge in [-0.25, -0.2) is 0 Å². The second-order valence-corrected chi connectivity index (χ2v) is 3.88. The molecule has 0 atom stereocenters. The Morgan fingerprint density at radius 1 is 1.36 bits per heavy atom. The molecule has 0 aliphatic carbocycles. The Balaban J connectivity index is 2.12. The minimum absolute atomic E-state index is 1.04. The van der Waals surface area contributed by atoms with E-state index in [1.807, 2.05) is 7.05 Å². The van der Waals surface area contributed by atoms with Gasteiger partial charge in [0.1, 0.15) is 0 Å². The van der Waals surface area contributed by atoms with Crippen LogP contribution in [-0.2, 0) is 19.4 Å². The van der Waals surface area contributed by atoms with Crippen molar-refractivity contribution in [1.82, 2.24) is 10.6 Å². The van der Waals surface area contributed by atoms with E-state index in [1.165, 1.54) is 23.1 Å². The van der Waals surface area contributed by atoms with E-state index in [4.69, 9.17) is 0 Å². The van der Waals surface area contributed by atoms with E-state index in [0.717, 1.165) is 26.1 Å². The summed E-state index contributed by atoms with van der Waals surface area (Å²) >= 11 is 0. The Bertz CT molecular complexity index is 307. The number of hydrogen-bond donors (Lipinski definition) is 2. The van der Waals surface area contributed by atoms with Crippen LogP contribution in [0.5, 0.6) is 0 Å². The van der Waals surface area contributed by atoms with Crippen LogP contribution in [0.2, 0.25) is 0 Å². The molecule has 0 bridgehead atoms. The third-order valence-electron chi connectivity index (χ3n) is 2.82. The Kier molecular flexibility index (Phi) is 3.17. The van der Waals surface area contributed by atoms with Gasteiger partial charge in [0.15, 0.2) is 0 Å². The molecule has 1 aliphatic heterocycles. The first-order valence-electron chi connectivity index (χ1n) is 5.36. The molecule has 0 radical (unpaired) electrons. The highest BCUT2D eigenvalue weighted by Gasteiger charge is 2.08. The first-order chi connectivity index (χ1) is 6.90. The largest absolute Gasteiger partial charge is 0.319 e. The molecule has 1 aromatic carbocycles. The number of rotatable bonds is 3.